The highest BCUT2D eigenvalue weighted by atomic mass is 32.2. The van der Waals surface area contributed by atoms with Crippen LogP contribution in [0.25, 0.3) is 0 Å². The summed E-state index contributed by atoms with van der Waals surface area (Å²) in [5.41, 5.74) is 1.04. The molecule has 29 heavy (non-hydrogen) atoms. The normalized spacial score (nSPS) is 15.7. The van der Waals surface area contributed by atoms with Crippen LogP contribution in [0.5, 0.6) is 0 Å². The Hall–Kier alpha value is -2.03. The van der Waals surface area contributed by atoms with Crippen molar-refractivity contribution >= 4 is 27.7 Å². The van der Waals surface area contributed by atoms with E-state index in [-0.39, 0.29) is 9.64 Å². The lowest BCUT2D eigenvalue weighted by molar-refractivity contribution is 0.598. The van der Waals surface area contributed by atoms with Gasteiger partial charge in [-0.2, -0.15) is 0 Å². The maximum atomic E-state index is 11.3. The molecular formula is C21H28N4O2S2. The lowest BCUT2D eigenvalue weighted by Gasteiger charge is -2.15. The van der Waals surface area contributed by atoms with Gasteiger partial charge in [0.25, 0.3) is 0 Å². The topological polar surface area (TPSA) is 96.6 Å². The molecule has 1 aliphatic rings. The summed E-state index contributed by atoms with van der Waals surface area (Å²) in [6.45, 7) is 4.34. The molecule has 1 fully saturated rings. The fraction of sp³-hybridized carbons (Fsp3) is 0.381. The van der Waals surface area contributed by atoms with Crippen molar-refractivity contribution in [1.82, 2.24) is 10.6 Å². The minimum Gasteiger partial charge on any atom is -0.357 e. The van der Waals surface area contributed by atoms with Crippen molar-refractivity contribution in [2.24, 2.45) is 10.1 Å². The van der Waals surface area contributed by atoms with E-state index in [2.05, 4.69) is 41.8 Å². The first-order valence-corrected chi connectivity index (χ1v) is 12.1. The Labute approximate surface area is 177 Å². The number of nitrogens with two attached hydrogens (primary N) is 1. The summed E-state index contributed by atoms with van der Waals surface area (Å²) in [7, 11) is -3.65. The molecule has 2 aromatic carbocycles. The van der Waals surface area contributed by atoms with Gasteiger partial charge >= 0.3 is 0 Å². The number of sulfonamides is 1. The maximum absolute atomic E-state index is 11.3. The molecule has 0 unspecified atom stereocenters. The van der Waals surface area contributed by atoms with Crippen molar-refractivity contribution in [3.05, 3.63) is 60.2 Å². The fourth-order valence-corrected chi connectivity index (χ4v) is 4.65. The van der Waals surface area contributed by atoms with Crippen LogP contribution in [0.2, 0.25) is 0 Å². The molecule has 0 spiro atoms. The second-order valence-corrected chi connectivity index (χ2v) is 10.3. The van der Waals surface area contributed by atoms with Gasteiger partial charge in [0.05, 0.1) is 11.4 Å². The van der Waals surface area contributed by atoms with Crippen molar-refractivity contribution in [3.8, 4) is 0 Å². The largest absolute Gasteiger partial charge is 0.357 e. The van der Waals surface area contributed by atoms with E-state index in [1.165, 1.54) is 17.7 Å². The minimum absolute atomic E-state index is 0.134. The average molecular weight is 433 g/mol. The molecule has 0 heterocycles. The molecule has 1 aliphatic carbocycles. The Kier molecular flexibility index (Phi) is 7.21. The molecule has 156 valence electrons. The van der Waals surface area contributed by atoms with Gasteiger partial charge in [0.2, 0.25) is 10.0 Å². The predicted octanol–water partition coefficient (Wildman–Crippen LogP) is 2.76. The number of hydrogen-bond donors (Lipinski definition) is 3. The summed E-state index contributed by atoms with van der Waals surface area (Å²) in [6, 6.07) is 17.2. The highest BCUT2D eigenvalue weighted by Gasteiger charge is 2.43. The molecule has 0 aromatic heterocycles. The van der Waals surface area contributed by atoms with Gasteiger partial charge in [-0.1, -0.05) is 30.3 Å². The van der Waals surface area contributed by atoms with E-state index in [4.69, 9.17) is 10.1 Å². The summed E-state index contributed by atoms with van der Waals surface area (Å²) in [4.78, 5) is 6.23. The molecule has 1 saturated carbocycles. The number of hydrogen-bond acceptors (Lipinski definition) is 4. The van der Waals surface area contributed by atoms with Crippen LogP contribution in [0.4, 0.5) is 0 Å². The van der Waals surface area contributed by atoms with Crippen LogP contribution in [0.15, 0.2) is 69.4 Å². The third-order valence-corrected chi connectivity index (χ3v) is 7.12. The van der Waals surface area contributed by atoms with Crippen molar-refractivity contribution in [3.63, 3.8) is 0 Å². The van der Waals surface area contributed by atoms with E-state index < -0.39 is 10.0 Å². The molecule has 0 bridgehead atoms. The molecule has 3 rings (SSSR count). The summed E-state index contributed by atoms with van der Waals surface area (Å²) < 4.78 is 22.9. The van der Waals surface area contributed by atoms with Crippen LogP contribution in [0.3, 0.4) is 0 Å². The molecular weight excluding hydrogens is 404 g/mol. The Morgan fingerprint density at radius 1 is 1.10 bits per heavy atom. The van der Waals surface area contributed by atoms with E-state index in [0.717, 1.165) is 31.0 Å². The third kappa shape index (κ3) is 6.76. The molecule has 0 radical (unpaired) electrons. The highest BCUT2D eigenvalue weighted by molar-refractivity contribution is 8.01. The summed E-state index contributed by atoms with van der Waals surface area (Å²) in [5, 5.41) is 11.8. The van der Waals surface area contributed by atoms with Crippen molar-refractivity contribution in [1.29, 1.82) is 0 Å². The smallest absolute Gasteiger partial charge is 0.238 e. The van der Waals surface area contributed by atoms with Gasteiger partial charge < -0.3 is 10.6 Å². The Balaban J connectivity index is 1.52. The van der Waals surface area contributed by atoms with Crippen LogP contribution >= 0.6 is 11.8 Å². The van der Waals surface area contributed by atoms with Crippen LogP contribution in [-0.4, -0.2) is 38.8 Å². The molecule has 0 amide bonds. The van der Waals surface area contributed by atoms with Gasteiger partial charge in [-0.15, -0.1) is 11.8 Å². The molecule has 0 saturated heterocycles. The molecule has 4 N–H and O–H groups in total. The maximum Gasteiger partial charge on any atom is 0.238 e. The average Bonchev–Trinajstić information content (AvgIpc) is 3.46. The van der Waals surface area contributed by atoms with Gasteiger partial charge in [0.1, 0.15) is 0 Å². The monoisotopic (exact) mass is 432 g/mol. The second kappa shape index (κ2) is 9.65. The first-order chi connectivity index (χ1) is 13.9. The molecule has 2 aromatic rings. The van der Waals surface area contributed by atoms with E-state index >= 15 is 0 Å². The van der Waals surface area contributed by atoms with Crippen LogP contribution in [0.1, 0.15) is 25.3 Å². The number of nitrogens with zero attached hydrogens (tertiary/aromatic N) is 1. The Morgan fingerprint density at radius 3 is 2.38 bits per heavy atom. The van der Waals surface area contributed by atoms with Gasteiger partial charge in [0.15, 0.2) is 5.96 Å². The number of primary sulfonamides is 1. The number of thioether (sulfide) groups is 1. The van der Waals surface area contributed by atoms with E-state index in [0.29, 0.717) is 6.54 Å². The van der Waals surface area contributed by atoms with Gasteiger partial charge in [-0.05, 0) is 56.0 Å². The van der Waals surface area contributed by atoms with Crippen LogP contribution < -0.4 is 15.8 Å². The highest BCUT2D eigenvalue weighted by Crippen LogP contribution is 2.51. The first kappa shape index (κ1) is 21.7. The molecule has 0 aliphatic heterocycles. The standard InChI is InChI=1S/C21H28N4O2S2/c1-2-23-20(24-15-12-17-8-10-19(11-9-17)29(22,26)27)25-16-21(13-14-21)28-18-6-4-3-5-7-18/h3-11H,2,12-16H2,1H3,(H2,22,26,27)(H2,23,24,25). The third-order valence-electron chi connectivity index (χ3n) is 4.71. The lowest BCUT2D eigenvalue weighted by atomic mass is 10.1. The molecule has 6 nitrogen and oxygen atoms in total. The zero-order valence-corrected chi connectivity index (χ0v) is 18.2. The number of guanidine groups is 1. The summed E-state index contributed by atoms with van der Waals surface area (Å²) in [5.74, 6) is 0.814. The van der Waals surface area contributed by atoms with Gasteiger partial charge in [-0.25, -0.2) is 13.6 Å². The zero-order valence-electron chi connectivity index (χ0n) is 16.6. The number of aliphatic imine (C=N–C) groups is 1. The van der Waals surface area contributed by atoms with E-state index in [1.807, 2.05) is 17.8 Å². The SMILES string of the molecule is CCNC(=NCC1(Sc2ccccc2)CC1)NCCc1ccc(S(N)(=O)=O)cc1. The van der Waals surface area contributed by atoms with Crippen molar-refractivity contribution in [2.45, 2.75) is 40.7 Å². The van der Waals surface area contributed by atoms with Gasteiger partial charge in [0, 0.05) is 22.7 Å². The van der Waals surface area contributed by atoms with Crippen molar-refractivity contribution < 1.29 is 8.42 Å². The number of rotatable bonds is 9. The Morgan fingerprint density at radius 2 is 1.79 bits per heavy atom. The lowest BCUT2D eigenvalue weighted by Crippen LogP contribution is -2.39. The number of nitrogens with one attached hydrogen (secondary N) is 2. The zero-order chi connectivity index (χ0) is 20.7. The Bertz CT molecular complexity index is 925. The number of benzene rings is 2. The molecule has 8 heteroatoms. The van der Waals surface area contributed by atoms with Crippen LogP contribution in [0, 0.1) is 0 Å². The van der Waals surface area contributed by atoms with Crippen LogP contribution in [-0.2, 0) is 16.4 Å². The fourth-order valence-electron chi connectivity index (χ4n) is 2.91. The second-order valence-electron chi connectivity index (χ2n) is 7.16. The minimum atomic E-state index is -3.65. The summed E-state index contributed by atoms with van der Waals surface area (Å²) in [6.07, 6.45) is 3.14. The first-order valence-electron chi connectivity index (χ1n) is 9.78. The molecule has 0 atom stereocenters. The van der Waals surface area contributed by atoms with E-state index in [1.54, 1.807) is 24.3 Å². The van der Waals surface area contributed by atoms with Crippen molar-refractivity contribution in [2.75, 3.05) is 19.6 Å². The van der Waals surface area contributed by atoms with E-state index in [9.17, 15) is 8.42 Å². The quantitative estimate of drug-likeness (QED) is 0.418. The van der Waals surface area contributed by atoms with Gasteiger partial charge in [-0.3, -0.25) is 4.99 Å². The predicted molar refractivity (Wildman–Crippen MR) is 120 cm³/mol. The summed E-state index contributed by atoms with van der Waals surface area (Å²) >= 11 is 1.92.